The number of nitrogens with one attached hydrogen (secondary N) is 1. The fourth-order valence-electron chi connectivity index (χ4n) is 2.04. The van der Waals surface area contributed by atoms with Crippen molar-refractivity contribution >= 4 is 17.6 Å². The Balaban J connectivity index is 1.80. The number of rotatable bonds is 6. The van der Waals surface area contributed by atoms with Crippen LogP contribution in [0.25, 0.3) is 0 Å². The fraction of sp³-hybridized carbons (Fsp3) is 0.467. The van der Waals surface area contributed by atoms with Gasteiger partial charge in [-0.15, -0.1) is 0 Å². The molecule has 0 spiro atoms. The zero-order valence-corrected chi connectivity index (χ0v) is 11.9. The topological polar surface area (TPSA) is 84.9 Å². The van der Waals surface area contributed by atoms with Crippen LogP contribution in [-0.4, -0.2) is 42.4 Å². The van der Waals surface area contributed by atoms with Gasteiger partial charge in [0.05, 0.1) is 18.3 Å². The van der Waals surface area contributed by atoms with Crippen LogP contribution < -0.4 is 5.32 Å². The van der Waals surface area contributed by atoms with Gasteiger partial charge < -0.3 is 19.9 Å². The first-order chi connectivity index (χ1) is 10.1. The summed E-state index contributed by atoms with van der Waals surface area (Å²) in [5.74, 6) is -1.27. The molecule has 2 N–H and O–H groups in total. The van der Waals surface area contributed by atoms with Crippen molar-refractivity contribution in [2.24, 2.45) is 0 Å². The Hall–Kier alpha value is -1.92. The van der Waals surface area contributed by atoms with Crippen LogP contribution in [-0.2, 0) is 14.3 Å². The second-order valence-corrected chi connectivity index (χ2v) is 4.98. The molecule has 0 unspecified atom stereocenters. The number of amides is 1. The van der Waals surface area contributed by atoms with Crippen molar-refractivity contribution in [3.8, 4) is 0 Å². The highest BCUT2D eigenvalue weighted by atomic mass is 16.5. The van der Waals surface area contributed by atoms with Crippen molar-refractivity contribution < 1.29 is 24.2 Å². The highest BCUT2D eigenvalue weighted by Gasteiger charge is 2.19. The lowest BCUT2D eigenvalue weighted by atomic mass is 10.2. The molecule has 2 atom stereocenters. The van der Waals surface area contributed by atoms with Gasteiger partial charge in [0.25, 0.3) is 5.91 Å². The number of carbonyl (C=O) groups excluding carboxylic acids is 1. The molecule has 1 saturated heterocycles. The lowest BCUT2D eigenvalue weighted by Gasteiger charge is -2.16. The molecule has 1 amide bonds. The third kappa shape index (κ3) is 4.54. The van der Waals surface area contributed by atoms with E-state index in [0.29, 0.717) is 12.3 Å². The number of carboxylic acid groups (broad SMARTS) is 1. The van der Waals surface area contributed by atoms with Crippen LogP contribution in [0.2, 0.25) is 0 Å². The van der Waals surface area contributed by atoms with E-state index in [1.807, 2.05) is 0 Å². The molecule has 0 saturated carbocycles. The van der Waals surface area contributed by atoms with Gasteiger partial charge in [-0.25, -0.2) is 4.79 Å². The Morgan fingerprint density at radius 2 is 2.14 bits per heavy atom. The minimum Gasteiger partial charge on any atom is -0.478 e. The summed E-state index contributed by atoms with van der Waals surface area (Å²) < 4.78 is 10.9. The van der Waals surface area contributed by atoms with Gasteiger partial charge in [-0.3, -0.25) is 4.79 Å². The highest BCUT2D eigenvalue weighted by Crippen LogP contribution is 2.14. The molecule has 1 heterocycles. The van der Waals surface area contributed by atoms with Crippen LogP contribution in [0.1, 0.15) is 30.1 Å². The molecule has 21 heavy (non-hydrogen) atoms. The van der Waals surface area contributed by atoms with Crippen LogP contribution in [0.5, 0.6) is 0 Å². The van der Waals surface area contributed by atoms with Gasteiger partial charge in [-0.05, 0) is 44.0 Å². The van der Waals surface area contributed by atoms with E-state index >= 15 is 0 Å². The van der Waals surface area contributed by atoms with Crippen molar-refractivity contribution in [1.29, 1.82) is 0 Å². The molecule has 1 aliphatic rings. The summed E-state index contributed by atoms with van der Waals surface area (Å²) in [5, 5.41) is 11.5. The Kier molecular flexibility index (Phi) is 5.30. The standard InChI is InChI=1S/C15H19NO5/c1-10(21-9-13-3-2-8-20-13)14(17)16-12-6-4-11(5-7-12)15(18)19/h4-7,10,13H,2-3,8-9H2,1H3,(H,16,17)(H,18,19)/t10-,13+/m0/s1. The number of carbonyl (C=O) groups is 2. The zero-order valence-electron chi connectivity index (χ0n) is 11.9. The fourth-order valence-corrected chi connectivity index (χ4v) is 2.04. The van der Waals surface area contributed by atoms with Gasteiger partial charge >= 0.3 is 5.97 Å². The Morgan fingerprint density at radius 3 is 2.71 bits per heavy atom. The first-order valence-electron chi connectivity index (χ1n) is 6.93. The summed E-state index contributed by atoms with van der Waals surface area (Å²) in [6.45, 7) is 2.84. The van der Waals surface area contributed by atoms with Crippen LogP contribution in [0.4, 0.5) is 5.69 Å². The highest BCUT2D eigenvalue weighted by molar-refractivity contribution is 5.94. The number of anilines is 1. The second-order valence-electron chi connectivity index (χ2n) is 4.98. The SMILES string of the molecule is C[C@H](OC[C@H]1CCCO1)C(=O)Nc1ccc(C(=O)O)cc1. The summed E-state index contributed by atoms with van der Waals surface area (Å²) in [6.07, 6.45) is 1.48. The first-order valence-corrected chi connectivity index (χ1v) is 6.93. The molecule has 6 nitrogen and oxygen atoms in total. The number of ether oxygens (including phenoxy) is 2. The monoisotopic (exact) mass is 293 g/mol. The third-order valence-corrected chi connectivity index (χ3v) is 3.32. The maximum absolute atomic E-state index is 11.9. The molecule has 1 fully saturated rings. The molecule has 0 aliphatic carbocycles. The van der Waals surface area contributed by atoms with E-state index in [0.717, 1.165) is 19.4 Å². The molecule has 1 aliphatic heterocycles. The summed E-state index contributed by atoms with van der Waals surface area (Å²) in [6, 6.07) is 5.98. The quantitative estimate of drug-likeness (QED) is 0.837. The van der Waals surface area contributed by atoms with Crippen LogP contribution in [0, 0.1) is 0 Å². The molecule has 1 aromatic carbocycles. The summed E-state index contributed by atoms with van der Waals surface area (Å²) >= 11 is 0. The summed E-state index contributed by atoms with van der Waals surface area (Å²) in [5.41, 5.74) is 0.716. The largest absolute Gasteiger partial charge is 0.478 e. The Morgan fingerprint density at radius 1 is 1.43 bits per heavy atom. The maximum Gasteiger partial charge on any atom is 0.335 e. The molecular weight excluding hydrogens is 274 g/mol. The summed E-state index contributed by atoms with van der Waals surface area (Å²) in [4.78, 5) is 22.7. The van der Waals surface area contributed by atoms with Gasteiger partial charge in [0.1, 0.15) is 6.10 Å². The van der Waals surface area contributed by atoms with E-state index in [2.05, 4.69) is 5.32 Å². The smallest absolute Gasteiger partial charge is 0.335 e. The van der Waals surface area contributed by atoms with E-state index in [4.69, 9.17) is 14.6 Å². The number of benzene rings is 1. The van der Waals surface area contributed by atoms with E-state index in [1.165, 1.54) is 12.1 Å². The summed E-state index contributed by atoms with van der Waals surface area (Å²) in [7, 11) is 0. The van der Waals surface area contributed by atoms with Gasteiger partial charge in [0.2, 0.25) is 0 Å². The van der Waals surface area contributed by atoms with Crippen molar-refractivity contribution in [1.82, 2.24) is 0 Å². The van der Waals surface area contributed by atoms with Gasteiger partial charge in [0, 0.05) is 12.3 Å². The third-order valence-electron chi connectivity index (χ3n) is 3.32. The van der Waals surface area contributed by atoms with E-state index in [-0.39, 0.29) is 17.6 Å². The predicted octanol–water partition coefficient (Wildman–Crippen LogP) is 1.91. The molecule has 6 heteroatoms. The van der Waals surface area contributed by atoms with E-state index in [1.54, 1.807) is 19.1 Å². The molecule has 114 valence electrons. The average Bonchev–Trinajstić information content (AvgIpc) is 2.98. The van der Waals surface area contributed by atoms with Crippen molar-refractivity contribution in [2.45, 2.75) is 32.0 Å². The number of aromatic carboxylic acids is 1. The zero-order chi connectivity index (χ0) is 15.2. The Bertz CT molecular complexity index is 493. The Labute approximate surface area is 123 Å². The van der Waals surface area contributed by atoms with Crippen LogP contribution >= 0.6 is 0 Å². The normalized spacial score (nSPS) is 19.2. The van der Waals surface area contributed by atoms with E-state index < -0.39 is 12.1 Å². The molecule has 2 rings (SSSR count). The minimum absolute atomic E-state index is 0.0788. The second kappa shape index (κ2) is 7.19. The predicted molar refractivity (Wildman–Crippen MR) is 76.4 cm³/mol. The molecule has 0 bridgehead atoms. The lowest BCUT2D eigenvalue weighted by Crippen LogP contribution is -2.30. The molecule has 0 radical (unpaired) electrons. The van der Waals surface area contributed by atoms with E-state index in [9.17, 15) is 9.59 Å². The molecular formula is C15H19NO5. The molecule has 1 aromatic rings. The van der Waals surface area contributed by atoms with Gasteiger partial charge in [-0.2, -0.15) is 0 Å². The van der Waals surface area contributed by atoms with Crippen molar-refractivity contribution in [3.63, 3.8) is 0 Å². The average molecular weight is 293 g/mol. The first kappa shape index (κ1) is 15.5. The van der Waals surface area contributed by atoms with Crippen molar-refractivity contribution in [2.75, 3.05) is 18.5 Å². The number of carboxylic acids is 1. The van der Waals surface area contributed by atoms with Crippen LogP contribution in [0.15, 0.2) is 24.3 Å². The molecule has 0 aromatic heterocycles. The maximum atomic E-state index is 11.9. The lowest BCUT2D eigenvalue weighted by molar-refractivity contribution is -0.128. The van der Waals surface area contributed by atoms with Crippen molar-refractivity contribution in [3.05, 3.63) is 29.8 Å². The minimum atomic E-state index is -0.999. The number of hydrogen-bond donors (Lipinski definition) is 2. The van der Waals surface area contributed by atoms with Gasteiger partial charge in [-0.1, -0.05) is 0 Å². The number of hydrogen-bond acceptors (Lipinski definition) is 4. The van der Waals surface area contributed by atoms with Gasteiger partial charge in [0.15, 0.2) is 0 Å². The van der Waals surface area contributed by atoms with Crippen LogP contribution in [0.3, 0.4) is 0 Å².